The van der Waals surface area contributed by atoms with Gasteiger partial charge in [-0.05, 0) is 13.8 Å². The van der Waals surface area contributed by atoms with Gasteiger partial charge in [0.05, 0.1) is 39.6 Å². The van der Waals surface area contributed by atoms with E-state index in [-0.39, 0.29) is 13.2 Å². The monoisotopic (exact) mass is 284 g/mol. The van der Waals surface area contributed by atoms with Crippen LogP contribution in [0.25, 0.3) is 0 Å². The molecule has 0 aromatic rings. The number of aliphatic carboxylic acids is 1. The Hall–Kier alpha value is -0.730. The lowest BCUT2D eigenvalue weighted by atomic mass is 10.7. The second-order valence-corrected chi connectivity index (χ2v) is 2.97. The lowest BCUT2D eigenvalue weighted by Crippen LogP contribution is -2.09. The summed E-state index contributed by atoms with van der Waals surface area (Å²) >= 11 is 0. The van der Waals surface area contributed by atoms with Crippen molar-refractivity contribution in [2.24, 2.45) is 0 Å². The molecule has 0 unspecified atom stereocenters. The van der Waals surface area contributed by atoms with Crippen LogP contribution in [0.15, 0.2) is 0 Å². The molecule has 0 aliphatic rings. The first-order valence-electron chi connectivity index (χ1n) is 6.21. The third-order valence-electron chi connectivity index (χ3n) is 1.25. The molecule has 0 aliphatic carbocycles. The van der Waals surface area contributed by atoms with E-state index in [1.165, 1.54) is 0 Å². The molecule has 0 amide bonds. The van der Waals surface area contributed by atoms with Crippen LogP contribution in [0.3, 0.4) is 0 Å². The molecule has 0 bridgehead atoms. The Labute approximate surface area is 115 Å². The smallest absolute Gasteiger partial charge is 0.300 e. The molecule has 0 rings (SSSR count). The standard InChI is InChI=1S/C6H14O4.C4H10O.C2H4O2/c7-1-3-9-5-6-10-4-2-8;1-3-5-4-2;1-2(3)4/h7-8H,1-6H2;3-4H2,1-2H3;1H3,(H,3,4). The van der Waals surface area contributed by atoms with Crippen molar-refractivity contribution in [2.75, 3.05) is 52.9 Å². The molecular weight excluding hydrogens is 256 g/mol. The van der Waals surface area contributed by atoms with Crippen LogP contribution in [-0.4, -0.2) is 74.1 Å². The Bertz CT molecular complexity index is 139. The highest BCUT2D eigenvalue weighted by Crippen LogP contribution is 1.76. The van der Waals surface area contributed by atoms with Gasteiger partial charge in [-0.25, -0.2) is 0 Å². The number of hydrogen-bond acceptors (Lipinski definition) is 6. The molecule has 7 nitrogen and oxygen atoms in total. The molecule has 0 fully saturated rings. The third-order valence-corrected chi connectivity index (χ3v) is 1.25. The molecule has 0 spiro atoms. The van der Waals surface area contributed by atoms with Crippen LogP contribution in [0.5, 0.6) is 0 Å². The summed E-state index contributed by atoms with van der Waals surface area (Å²) in [5.74, 6) is -0.833. The Morgan fingerprint density at radius 3 is 1.32 bits per heavy atom. The van der Waals surface area contributed by atoms with Gasteiger partial charge in [0.15, 0.2) is 0 Å². The van der Waals surface area contributed by atoms with Crippen LogP contribution in [0, 0.1) is 0 Å². The second-order valence-electron chi connectivity index (χ2n) is 2.97. The second kappa shape index (κ2) is 26.0. The normalized spacial score (nSPS) is 8.89. The minimum atomic E-state index is -0.833. The van der Waals surface area contributed by atoms with E-state index >= 15 is 0 Å². The maximum atomic E-state index is 9.00. The summed E-state index contributed by atoms with van der Waals surface area (Å²) in [7, 11) is 0. The molecule has 0 heterocycles. The first kappa shape index (κ1) is 23.4. The first-order valence-corrected chi connectivity index (χ1v) is 6.21. The van der Waals surface area contributed by atoms with E-state index in [1.807, 2.05) is 13.8 Å². The van der Waals surface area contributed by atoms with Crippen molar-refractivity contribution in [3.05, 3.63) is 0 Å². The number of carbonyl (C=O) groups is 1. The van der Waals surface area contributed by atoms with Crippen LogP contribution in [0.4, 0.5) is 0 Å². The summed E-state index contributed by atoms with van der Waals surface area (Å²) in [4.78, 5) is 9.00. The van der Waals surface area contributed by atoms with E-state index < -0.39 is 5.97 Å². The Balaban J connectivity index is -0.000000238. The fraction of sp³-hybridized carbons (Fsp3) is 0.917. The van der Waals surface area contributed by atoms with Crippen molar-refractivity contribution in [1.82, 2.24) is 0 Å². The van der Waals surface area contributed by atoms with E-state index in [2.05, 4.69) is 0 Å². The van der Waals surface area contributed by atoms with Gasteiger partial charge in [0, 0.05) is 20.1 Å². The summed E-state index contributed by atoms with van der Waals surface area (Å²) in [6, 6.07) is 0. The van der Waals surface area contributed by atoms with E-state index in [9.17, 15) is 0 Å². The highest BCUT2D eigenvalue weighted by atomic mass is 16.5. The average molecular weight is 284 g/mol. The topological polar surface area (TPSA) is 105 Å². The van der Waals surface area contributed by atoms with Gasteiger partial charge in [-0.1, -0.05) is 0 Å². The van der Waals surface area contributed by atoms with Gasteiger partial charge in [0.25, 0.3) is 5.97 Å². The minimum Gasteiger partial charge on any atom is -0.481 e. The third kappa shape index (κ3) is 58.9. The molecule has 0 aromatic carbocycles. The van der Waals surface area contributed by atoms with Gasteiger partial charge in [-0.2, -0.15) is 0 Å². The van der Waals surface area contributed by atoms with Gasteiger partial charge >= 0.3 is 0 Å². The van der Waals surface area contributed by atoms with Gasteiger partial charge in [-0.15, -0.1) is 0 Å². The zero-order valence-electron chi connectivity index (χ0n) is 12.1. The van der Waals surface area contributed by atoms with E-state index in [1.54, 1.807) is 0 Å². The summed E-state index contributed by atoms with van der Waals surface area (Å²) in [6.07, 6.45) is 0. The zero-order valence-corrected chi connectivity index (χ0v) is 12.1. The number of ether oxygens (including phenoxy) is 3. The highest BCUT2D eigenvalue weighted by Gasteiger charge is 1.86. The van der Waals surface area contributed by atoms with E-state index in [0.717, 1.165) is 20.1 Å². The Morgan fingerprint density at radius 2 is 1.16 bits per heavy atom. The number of hydrogen-bond donors (Lipinski definition) is 3. The number of aliphatic hydroxyl groups is 2. The van der Waals surface area contributed by atoms with Crippen molar-refractivity contribution in [3.63, 3.8) is 0 Å². The zero-order chi connectivity index (χ0) is 15.4. The number of aliphatic hydroxyl groups excluding tert-OH is 2. The van der Waals surface area contributed by atoms with Crippen LogP contribution in [-0.2, 0) is 19.0 Å². The highest BCUT2D eigenvalue weighted by molar-refractivity contribution is 5.62. The van der Waals surface area contributed by atoms with Crippen molar-refractivity contribution in [2.45, 2.75) is 20.8 Å². The predicted molar refractivity (Wildman–Crippen MR) is 71.3 cm³/mol. The molecule has 3 N–H and O–H groups in total. The number of carboxylic acid groups (broad SMARTS) is 1. The summed E-state index contributed by atoms with van der Waals surface area (Å²) in [6.45, 7) is 8.48. The molecule has 0 radical (unpaired) electrons. The van der Waals surface area contributed by atoms with Crippen LogP contribution in [0.2, 0.25) is 0 Å². The Morgan fingerprint density at radius 1 is 0.842 bits per heavy atom. The maximum absolute atomic E-state index is 9.00. The largest absolute Gasteiger partial charge is 0.481 e. The summed E-state index contributed by atoms with van der Waals surface area (Å²) < 4.78 is 14.6. The fourth-order valence-corrected chi connectivity index (χ4v) is 0.655. The molecule has 7 heteroatoms. The average Bonchev–Trinajstić information content (AvgIpc) is 2.35. The van der Waals surface area contributed by atoms with Crippen molar-refractivity contribution in [3.8, 4) is 0 Å². The molecule has 0 atom stereocenters. The van der Waals surface area contributed by atoms with Crippen molar-refractivity contribution >= 4 is 5.97 Å². The molecule has 0 saturated carbocycles. The summed E-state index contributed by atoms with van der Waals surface area (Å²) in [5.41, 5.74) is 0. The van der Waals surface area contributed by atoms with Crippen LogP contribution in [0.1, 0.15) is 20.8 Å². The van der Waals surface area contributed by atoms with E-state index in [4.69, 9.17) is 34.3 Å². The molecule has 19 heavy (non-hydrogen) atoms. The molecule has 0 aromatic heterocycles. The first-order chi connectivity index (χ1) is 9.06. The molecular formula is C12H28O7. The summed E-state index contributed by atoms with van der Waals surface area (Å²) in [5, 5.41) is 23.9. The number of carboxylic acids is 1. The maximum Gasteiger partial charge on any atom is 0.300 e. The lowest BCUT2D eigenvalue weighted by Gasteiger charge is -2.01. The molecule has 118 valence electrons. The van der Waals surface area contributed by atoms with Crippen molar-refractivity contribution in [1.29, 1.82) is 0 Å². The Kier molecular flexibility index (Phi) is 31.9. The minimum absolute atomic E-state index is 0.0417. The predicted octanol–water partition coefficient (Wildman–Crippen LogP) is 0.138. The van der Waals surface area contributed by atoms with Crippen molar-refractivity contribution < 1.29 is 34.3 Å². The van der Waals surface area contributed by atoms with E-state index in [0.29, 0.717) is 26.4 Å². The fourth-order valence-electron chi connectivity index (χ4n) is 0.655. The van der Waals surface area contributed by atoms with Gasteiger partial charge in [-0.3, -0.25) is 4.79 Å². The molecule has 0 aliphatic heterocycles. The molecule has 0 saturated heterocycles. The SMILES string of the molecule is CC(=O)O.CCOCC.OCCOCCOCCO. The number of rotatable bonds is 9. The quantitative estimate of drug-likeness (QED) is 0.517. The van der Waals surface area contributed by atoms with Gasteiger partial charge < -0.3 is 29.5 Å². The lowest BCUT2D eigenvalue weighted by molar-refractivity contribution is -0.134. The van der Waals surface area contributed by atoms with Crippen LogP contribution >= 0.6 is 0 Å². The van der Waals surface area contributed by atoms with Gasteiger partial charge in [0.1, 0.15) is 0 Å². The van der Waals surface area contributed by atoms with Crippen LogP contribution < -0.4 is 0 Å². The van der Waals surface area contributed by atoms with Gasteiger partial charge in [0.2, 0.25) is 0 Å².